The second-order valence-electron chi connectivity index (χ2n) is 9.91. The molecule has 0 fully saturated rings. The Bertz CT molecular complexity index is 975. The highest BCUT2D eigenvalue weighted by atomic mass is 32.2. The van der Waals surface area contributed by atoms with Gasteiger partial charge in [0.05, 0.1) is 37.0 Å². The number of ether oxygens (including phenoxy) is 2. The second kappa shape index (κ2) is 12.0. The van der Waals surface area contributed by atoms with E-state index in [1.807, 2.05) is 49.4 Å². The molecule has 2 rings (SSSR count). The van der Waals surface area contributed by atoms with Crippen LogP contribution in [0.15, 0.2) is 53.4 Å². The van der Waals surface area contributed by atoms with Crippen LogP contribution >= 0.6 is 0 Å². The Morgan fingerprint density at radius 2 is 1.71 bits per heavy atom. The number of rotatable bonds is 11. The van der Waals surface area contributed by atoms with Gasteiger partial charge in [-0.15, -0.1) is 0 Å². The molecular weight excluding hydrogens is 466 g/mol. The van der Waals surface area contributed by atoms with Crippen molar-refractivity contribution >= 4 is 25.0 Å². The lowest BCUT2D eigenvalue weighted by atomic mass is 10.1. The van der Waals surface area contributed by atoms with Crippen molar-refractivity contribution in [1.82, 2.24) is 5.32 Å². The lowest BCUT2D eigenvalue weighted by Crippen LogP contribution is -2.48. The largest absolute Gasteiger partial charge is 0.497 e. The van der Waals surface area contributed by atoms with E-state index < -0.39 is 25.0 Å². The first-order valence-corrected chi connectivity index (χ1v) is 15.7. The van der Waals surface area contributed by atoms with Crippen molar-refractivity contribution < 1.29 is 22.9 Å². The maximum Gasteiger partial charge on any atom is 0.226 e. The Kier molecular flexibility index (Phi) is 9.91. The molecule has 0 heterocycles. The standard InChI is InChI=1S/C26H39NO5SSi/c1-19(32-34(7,8)26(2,3)4)23(18-33(29)22-12-10-9-11-13-22)25(28)27-17-20-14-15-21(30-5)16-24(20)31-6/h9-16,19,23H,17-18H2,1-8H3,(H,27,28)/t19-,23+,33?/m1/s1. The zero-order valence-electron chi connectivity index (χ0n) is 21.6. The van der Waals surface area contributed by atoms with Gasteiger partial charge in [-0.25, -0.2) is 0 Å². The number of amides is 1. The van der Waals surface area contributed by atoms with Crippen molar-refractivity contribution in [2.75, 3.05) is 20.0 Å². The molecular formula is C26H39NO5SSi. The highest BCUT2D eigenvalue weighted by Crippen LogP contribution is 2.38. The third-order valence-electron chi connectivity index (χ3n) is 6.47. The fraction of sp³-hybridized carbons (Fsp3) is 0.500. The highest BCUT2D eigenvalue weighted by molar-refractivity contribution is 7.85. The van der Waals surface area contributed by atoms with E-state index in [1.54, 1.807) is 20.3 Å². The molecule has 0 radical (unpaired) electrons. The molecule has 0 spiro atoms. The molecule has 1 N–H and O–H groups in total. The molecule has 1 unspecified atom stereocenters. The molecule has 0 aliphatic heterocycles. The van der Waals surface area contributed by atoms with E-state index in [2.05, 4.69) is 39.2 Å². The summed E-state index contributed by atoms with van der Waals surface area (Å²) < 4.78 is 30.4. The number of hydrogen-bond donors (Lipinski definition) is 1. The van der Waals surface area contributed by atoms with Crippen molar-refractivity contribution in [3.05, 3.63) is 54.1 Å². The lowest BCUT2D eigenvalue weighted by molar-refractivity contribution is -0.127. The summed E-state index contributed by atoms with van der Waals surface area (Å²) in [5.41, 5.74) is 0.831. The summed E-state index contributed by atoms with van der Waals surface area (Å²) in [4.78, 5) is 14.1. The Morgan fingerprint density at radius 3 is 2.26 bits per heavy atom. The fourth-order valence-electron chi connectivity index (χ4n) is 3.29. The maximum atomic E-state index is 13.4. The van der Waals surface area contributed by atoms with Gasteiger partial charge in [-0.2, -0.15) is 0 Å². The van der Waals surface area contributed by atoms with Gasteiger partial charge in [0.15, 0.2) is 8.32 Å². The van der Waals surface area contributed by atoms with Crippen LogP contribution in [0.5, 0.6) is 11.5 Å². The molecule has 0 aliphatic carbocycles. The first-order valence-electron chi connectivity index (χ1n) is 11.5. The van der Waals surface area contributed by atoms with Crippen LogP contribution in [0, 0.1) is 5.92 Å². The molecule has 0 saturated carbocycles. The lowest BCUT2D eigenvalue weighted by Gasteiger charge is -2.40. The fourth-order valence-corrected chi connectivity index (χ4v) is 6.14. The molecule has 0 aliphatic rings. The van der Waals surface area contributed by atoms with Crippen molar-refractivity contribution in [3.63, 3.8) is 0 Å². The Hall–Kier alpha value is -2.16. The molecule has 34 heavy (non-hydrogen) atoms. The van der Waals surface area contributed by atoms with E-state index >= 15 is 0 Å². The molecule has 2 aromatic rings. The van der Waals surface area contributed by atoms with Gasteiger partial charge in [0.1, 0.15) is 11.5 Å². The molecule has 0 saturated heterocycles. The number of methoxy groups -OCH3 is 2. The zero-order chi connectivity index (χ0) is 25.5. The second-order valence-corrected chi connectivity index (χ2v) is 16.2. The number of carbonyl (C=O) groups is 1. The van der Waals surface area contributed by atoms with E-state index in [0.717, 1.165) is 5.56 Å². The first kappa shape index (κ1) is 28.1. The molecule has 2 aromatic carbocycles. The van der Waals surface area contributed by atoms with Gasteiger partial charge in [0, 0.05) is 28.8 Å². The third-order valence-corrected chi connectivity index (χ3v) is 12.5. The summed E-state index contributed by atoms with van der Waals surface area (Å²) in [6, 6.07) is 14.7. The van der Waals surface area contributed by atoms with Crippen LogP contribution in [-0.4, -0.2) is 44.5 Å². The summed E-state index contributed by atoms with van der Waals surface area (Å²) in [5, 5.41) is 3.01. The summed E-state index contributed by atoms with van der Waals surface area (Å²) in [6.45, 7) is 13.0. The van der Waals surface area contributed by atoms with E-state index in [4.69, 9.17) is 13.9 Å². The van der Waals surface area contributed by atoms with Crippen molar-refractivity contribution in [1.29, 1.82) is 0 Å². The van der Waals surface area contributed by atoms with Crippen molar-refractivity contribution in [3.8, 4) is 11.5 Å². The Morgan fingerprint density at radius 1 is 1.06 bits per heavy atom. The maximum absolute atomic E-state index is 13.4. The van der Waals surface area contributed by atoms with Gasteiger partial charge in [0.2, 0.25) is 5.91 Å². The molecule has 6 nitrogen and oxygen atoms in total. The van der Waals surface area contributed by atoms with Crippen LogP contribution in [0.2, 0.25) is 18.1 Å². The van der Waals surface area contributed by atoms with Crippen LogP contribution < -0.4 is 14.8 Å². The molecule has 0 aromatic heterocycles. The minimum atomic E-state index is -2.13. The minimum absolute atomic E-state index is 0.00265. The SMILES string of the molecule is COc1ccc(CNC(=O)[C@@H](CS(=O)c2ccccc2)[C@@H](C)O[Si](C)(C)C(C)(C)C)c(OC)c1. The molecule has 188 valence electrons. The highest BCUT2D eigenvalue weighted by Gasteiger charge is 2.41. The van der Waals surface area contributed by atoms with Gasteiger partial charge in [-0.3, -0.25) is 9.00 Å². The quantitative estimate of drug-likeness (QED) is 0.427. The van der Waals surface area contributed by atoms with Gasteiger partial charge >= 0.3 is 0 Å². The third kappa shape index (κ3) is 7.42. The van der Waals surface area contributed by atoms with E-state index in [-0.39, 0.29) is 29.3 Å². The van der Waals surface area contributed by atoms with Crippen LogP contribution in [0.4, 0.5) is 0 Å². The van der Waals surface area contributed by atoms with Gasteiger partial charge in [-0.1, -0.05) is 39.0 Å². The Labute approximate surface area is 208 Å². The van der Waals surface area contributed by atoms with E-state index in [9.17, 15) is 9.00 Å². The predicted molar refractivity (Wildman–Crippen MR) is 140 cm³/mol. The predicted octanol–water partition coefficient (Wildman–Crippen LogP) is 5.15. The monoisotopic (exact) mass is 505 g/mol. The van der Waals surface area contributed by atoms with Crippen molar-refractivity contribution in [2.45, 2.75) is 63.4 Å². The average molecular weight is 506 g/mol. The van der Waals surface area contributed by atoms with Crippen molar-refractivity contribution in [2.24, 2.45) is 5.92 Å². The number of benzene rings is 2. The van der Waals surface area contributed by atoms with E-state index in [0.29, 0.717) is 16.4 Å². The topological polar surface area (TPSA) is 73.9 Å². The zero-order valence-corrected chi connectivity index (χ0v) is 23.5. The van der Waals surface area contributed by atoms with Crippen LogP contribution in [0.1, 0.15) is 33.3 Å². The summed E-state index contributed by atoms with van der Waals surface area (Å²) in [6.07, 6.45) is -0.383. The van der Waals surface area contributed by atoms with Gasteiger partial charge in [-0.05, 0) is 49.3 Å². The van der Waals surface area contributed by atoms with Crippen LogP contribution in [0.25, 0.3) is 0 Å². The van der Waals surface area contributed by atoms with E-state index in [1.165, 1.54) is 0 Å². The number of nitrogens with one attached hydrogen (secondary N) is 1. The normalized spacial score (nSPS) is 14.7. The molecule has 1 amide bonds. The summed E-state index contributed by atoms with van der Waals surface area (Å²) in [7, 11) is -0.282. The van der Waals surface area contributed by atoms with Gasteiger partial charge in [0.25, 0.3) is 0 Å². The van der Waals surface area contributed by atoms with Crippen LogP contribution in [0.3, 0.4) is 0 Å². The number of carbonyl (C=O) groups excluding carboxylic acids is 1. The van der Waals surface area contributed by atoms with Crippen LogP contribution in [-0.2, 0) is 26.6 Å². The average Bonchev–Trinajstić information content (AvgIpc) is 2.80. The summed E-state index contributed by atoms with van der Waals surface area (Å²) >= 11 is 0. The molecule has 0 bridgehead atoms. The minimum Gasteiger partial charge on any atom is -0.497 e. The summed E-state index contributed by atoms with van der Waals surface area (Å²) in [5.74, 6) is 0.743. The smallest absolute Gasteiger partial charge is 0.226 e. The Balaban J connectivity index is 2.23. The molecule has 3 atom stereocenters. The molecule has 8 heteroatoms. The number of hydrogen-bond acceptors (Lipinski definition) is 5. The first-order chi connectivity index (χ1) is 15.9. The van der Waals surface area contributed by atoms with Gasteiger partial charge < -0.3 is 19.2 Å².